The molecule has 202 valence electrons. The molecule has 3 amide bonds. The first kappa shape index (κ1) is 27.3. The van der Waals surface area contributed by atoms with Gasteiger partial charge in [-0.05, 0) is 48.9 Å². The Morgan fingerprint density at radius 3 is 2.13 bits per heavy atom. The summed E-state index contributed by atoms with van der Waals surface area (Å²) in [5.41, 5.74) is -0.272. The second-order valence-corrected chi connectivity index (χ2v) is 10.5. The molecule has 0 bridgehead atoms. The molecule has 0 spiro atoms. The van der Waals surface area contributed by atoms with E-state index in [9.17, 15) is 24.3 Å². The molecular formula is C29H35N3O6. The van der Waals surface area contributed by atoms with Gasteiger partial charge in [0.25, 0.3) is 0 Å². The van der Waals surface area contributed by atoms with Crippen LogP contribution in [0.15, 0.2) is 54.6 Å². The van der Waals surface area contributed by atoms with Gasteiger partial charge in [-0.3, -0.25) is 19.2 Å². The second kappa shape index (κ2) is 11.3. The molecule has 1 saturated carbocycles. The van der Waals surface area contributed by atoms with Gasteiger partial charge in [-0.15, -0.1) is 0 Å². The number of ether oxygens (including phenoxy) is 1. The van der Waals surface area contributed by atoms with Gasteiger partial charge in [0.15, 0.2) is 5.78 Å². The summed E-state index contributed by atoms with van der Waals surface area (Å²) in [6, 6.07) is 14.8. The predicted octanol–water partition coefficient (Wildman–Crippen LogP) is 1.46. The SMILES string of the molecule is COc1ccc(CC(NC(=O)C2(CO)CCC(=O)N2)C(=O)NC(Cc2ccccc2)C(=O)C2(C)CC2)cc1. The number of amides is 3. The normalized spacial score (nSPS) is 21.1. The lowest BCUT2D eigenvalue weighted by atomic mass is 9.91. The molecule has 4 rings (SSSR count). The Morgan fingerprint density at radius 2 is 1.58 bits per heavy atom. The van der Waals surface area contributed by atoms with Crippen molar-refractivity contribution in [1.82, 2.24) is 16.0 Å². The molecule has 2 aliphatic rings. The van der Waals surface area contributed by atoms with Crippen LogP contribution in [0.4, 0.5) is 0 Å². The Kier molecular flexibility index (Phi) is 8.16. The summed E-state index contributed by atoms with van der Waals surface area (Å²) < 4.78 is 5.21. The maximum absolute atomic E-state index is 13.7. The Balaban J connectivity index is 1.57. The number of Topliss-reactive ketones (excluding diaryl/α,β-unsaturated/α-hetero) is 1. The highest BCUT2D eigenvalue weighted by Crippen LogP contribution is 2.46. The highest BCUT2D eigenvalue weighted by atomic mass is 16.5. The molecular weight excluding hydrogens is 486 g/mol. The monoisotopic (exact) mass is 521 g/mol. The zero-order valence-corrected chi connectivity index (χ0v) is 21.8. The van der Waals surface area contributed by atoms with Crippen LogP contribution in [0, 0.1) is 5.41 Å². The molecule has 1 aliphatic carbocycles. The van der Waals surface area contributed by atoms with E-state index in [0.717, 1.165) is 24.0 Å². The average molecular weight is 522 g/mol. The van der Waals surface area contributed by atoms with Gasteiger partial charge in [0.05, 0.1) is 19.8 Å². The van der Waals surface area contributed by atoms with E-state index >= 15 is 0 Å². The summed E-state index contributed by atoms with van der Waals surface area (Å²) in [5.74, 6) is -0.863. The molecule has 0 aromatic heterocycles. The zero-order chi connectivity index (χ0) is 27.3. The van der Waals surface area contributed by atoms with Gasteiger partial charge in [0, 0.05) is 18.3 Å². The van der Waals surface area contributed by atoms with Crippen molar-refractivity contribution in [2.75, 3.05) is 13.7 Å². The fourth-order valence-electron chi connectivity index (χ4n) is 4.77. The second-order valence-electron chi connectivity index (χ2n) is 10.5. The molecule has 2 fully saturated rings. The number of ketones is 1. The van der Waals surface area contributed by atoms with Crippen LogP contribution >= 0.6 is 0 Å². The number of rotatable bonds is 12. The number of carbonyl (C=O) groups is 4. The van der Waals surface area contributed by atoms with Crippen LogP contribution in [0.5, 0.6) is 5.75 Å². The zero-order valence-electron chi connectivity index (χ0n) is 21.8. The van der Waals surface area contributed by atoms with Crippen LogP contribution in [-0.4, -0.2) is 60.0 Å². The number of aliphatic hydroxyl groups excluding tert-OH is 1. The summed E-state index contributed by atoms with van der Waals surface area (Å²) in [4.78, 5) is 52.2. The minimum Gasteiger partial charge on any atom is -0.497 e. The third-order valence-corrected chi connectivity index (χ3v) is 7.59. The van der Waals surface area contributed by atoms with Gasteiger partial charge >= 0.3 is 0 Å². The number of benzene rings is 2. The molecule has 9 heteroatoms. The van der Waals surface area contributed by atoms with E-state index in [-0.39, 0.29) is 31.0 Å². The number of carbonyl (C=O) groups excluding carboxylic acids is 4. The topological polar surface area (TPSA) is 134 Å². The summed E-state index contributed by atoms with van der Waals surface area (Å²) in [6.45, 7) is 1.32. The van der Waals surface area contributed by atoms with E-state index in [2.05, 4.69) is 16.0 Å². The van der Waals surface area contributed by atoms with E-state index in [0.29, 0.717) is 12.2 Å². The number of hydrogen-bond acceptors (Lipinski definition) is 6. The molecule has 9 nitrogen and oxygen atoms in total. The first-order valence-corrected chi connectivity index (χ1v) is 12.9. The maximum Gasteiger partial charge on any atom is 0.248 e. The van der Waals surface area contributed by atoms with Crippen molar-refractivity contribution in [3.63, 3.8) is 0 Å². The van der Waals surface area contributed by atoms with E-state index in [1.165, 1.54) is 0 Å². The van der Waals surface area contributed by atoms with Gasteiger partial charge in [0.2, 0.25) is 17.7 Å². The molecule has 3 atom stereocenters. The Labute approximate surface area is 222 Å². The van der Waals surface area contributed by atoms with Gasteiger partial charge in [-0.1, -0.05) is 49.4 Å². The van der Waals surface area contributed by atoms with Gasteiger partial charge in [-0.25, -0.2) is 0 Å². The summed E-state index contributed by atoms with van der Waals surface area (Å²) >= 11 is 0. The lowest BCUT2D eigenvalue weighted by molar-refractivity contribution is -0.136. The fraction of sp³-hybridized carbons (Fsp3) is 0.448. The van der Waals surface area contributed by atoms with Crippen LogP contribution in [0.1, 0.15) is 43.7 Å². The third-order valence-electron chi connectivity index (χ3n) is 7.59. The number of hydrogen-bond donors (Lipinski definition) is 4. The average Bonchev–Trinajstić information content (AvgIpc) is 3.56. The van der Waals surface area contributed by atoms with E-state index < -0.39 is 41.5 Å². The lowest BCUT2D eigenvalue weighted by Crippen LogP contribution is -2.62. The molecule has 1 heterocycles. The van der Waals surface area contributed by atoms with Crippen molar-refractivity contribution in [2.24, 2.45) is 5.41 Å². The van der Waals surface area contributed by atoms with Crippen LogP contribution in [0.2, 0.25) is 0 Å². The third kappa shape index (κ3) is 6.22. The summed E-state index contributed by atoms with van der Waals surface area (Å²) in [7, 11) is 1.56. The van der Waals surface area contributed by atoms with Crippen molar-refractivity contribution in [3.8, 4) is 5.75 Å². The highest BCUT2D eigenvalue weighted by molar-refractivity contribution is 5.99. The minimum absolute atomic E-state index is 0.0286. The van der Waals surface area contributed by atoms with Crippen molar-refractivity contribution >= 4 is 23.5 Å². The number of methoxy groups -OCH3 is 1. The van der Waals surface area contributed by atoms with E-state index in [1.54, 1.807) is 31.4 Å². The Morgan fingerprint density at radius 1 is 0.947 bits per heavy atom. The first-order valence-electron chi connectivity index (χ1n) is 12.9. The quantitative estimate of drug-likeness (QED) is 0.334. The molecule has 4 N–H and O–H groups in total. The first-order chi connectivity index (χ1) is 18.2. The standard InChI is InChI=1S/C29H35N3O6/c1-28(14-15-28)25(35)22(16-19-6-4-3-5-7-19)30-26(36)23(17-20-8-10-21(38-2)11-9-20)31-27(37)29(18-33)13-12-24(34)32-29/h3-11,22-23,33H,12-18H2,1-2H3,(H,30,36)(H,31,37)(H,32,34). The molecule has 1 aliphatic heterocycles. The van der Waals surface area contributed by atoms with Crippen LogP contribution in [0.3, 0.4) is 0 Å². The summed E-state index contributed by atoms with van der Waals surface area (Å²) in [6.07, 6.45) is 2.25. The maximum atomic E-state index is 13.7. The minimum atomic E-state index is -1.49. The molecule has 1 saturated heterocycles. The molecule has 2 aromatic rings. The molecule has 38 heavy (non-hydrogen) atoms. The van der Waals surface area contributed by atoms with E-state index in [1.807, 2.05) is 37.3 Å². The van der Waals surface area contributed by atoms with Gasteiger partial charge in [-0.2, -0.15) is 0 Å². The van der Waals surface area contributed by atoms with Crippen molar-refractivity contribution in [1.29, 1.82) is 0 Å². The Bertz CT molecular complexity index is 1180. The number of nitrogens with one attached hydrogen (secondary N) is 3. The summed E-state index contributed by atoms with van der Waals surface area (Å²) in [5, 5.41) is 18.2. The molecule has 2 aromatic carbocycles. The molecule has 0 radical (unpaired) electrons. The van der Waals surface area contributed by atoms with Crippen molar-refractivity contribution in [3.05, 3.63) is 65.7 Å². The van der Waals surface area contributed by atoms with Crippen LogP contribution in [-0.2, 0) is 32.0 Å². The van der Waals surface area contributed by atoms with Crippen molar-refractivity contribution in [2.45, 2.75) is 63.1 Å². The van der Waals surface area contributed by atoms with E-state index in [4.69, 9.17) is 4.74 Å². The van der Waals surface area contributed by atoms with Gasteiger partial charge in [0.1, 0.15) is 17.3 Å². The Hall–Kier alpha value is -3.72. The fourth-order valence-corrected chi connectivity index (χ4v) is 4.77. The van der Waals surface area contributed by atoms with Crippen LogP contribution < -0.4 is 20.7 Å². The van der Waals surface area contributed by atoms with Gasteiger partial charge < -0.3 is 25.8 Å². The van der Waals surface area contributed by atoms with Crippen molar-refractivity contribution < 1.29 is 29.0 Å². The lowest BCUT2D eigenvalue weighted by Gasteiger charge is -2.29. The largest absolute Gasteiger partial charge is 0.497 e. The smallest absolute Gasteiger partial charge is 0.248 e. The predicted molar refractivity (Wildman–Crippen MR) is 140 cm³/mol. The molecule has 3 unspecified atom stereocenters. The number of aliphatic hydroxyl groups is 1. The highest BCUT2D eigenvalue weighted by Gasteiger charge is 2.48. The van der Waals surface area contributed by atoms with Crippen LogP contribution in [0.25, 0.3) is 0 Å².